The molecule has 20 heavy (non-hydrogen) atoms. The monoisotopic (exact) mass is 310 g/mol. The van der Waals surface area contributed by atoms with Gasteiger partial charge in [0, 0.05) is 12.2 Å². The Kier molecular flexibility index (Phi) is 4.70. The van der Waals surface area contributed by atoms with Crippen molar-refractivity contribution >= 4 is 15.7 Å². The molecule has 0 heterocycles. The van der Waals surface area contributed by atoms with Crippen molar-refractivity contribution < 1.29 is 21.6 Å². The number of hydrogen-bond acceptors (Lipinski definition) is 3. The molecule has 8 heteroatoms. The van der Waals surface area contributed by atoms with Gasteiger partial charge in [0.05, 0.1) is 11.3 Å². The van der Waals surface area contributed by atoms with Gasteiger partial charge < -0.3 is 5.73 Å². The largest absolute Gasteiger partial charge is 0.398 e. The molecule has 0 amide bonds. The average molecular weight is 310 g/mol. The van der Waals surface area contributed by atoms with E-state index in [4.69, 9.17) is 5.73 Å². The number of hydrogen-bond donors (Lipinski definition) is 2. The van der Waals surface area contributed by atoms with Gasteiger partial charge in [0.1, 0.15) is 0 Å². The van der Waals surface area contributed by atoms with E-state index in [0.717, 1.165) is 5.56 Å². The minimum Gasteiger partial charge on any atom is -0.398 e. The van der Waals surface area contributed by atoms with E-state index < -0.39 is 29.2 Å². The van der Waals surface area contributed by atoms with E-state index >= 15 is 0 Å². The molecule has 0 radical (unpaired) electrons. The Morgan fingerprint density at radius 1 is 1.20 bits per heavy atom. The zero-order chi connectivity index (χ0) is 15.7. The van der Waals surface area contributed by atoms with Crippen molar-refractivity contribution in [2.24, 2.45) is 0 Å². The fourth-order valence-electron chi connectivity index (χ4n) is 1.99. The zero-order valence-electron chi connectivity index (χ0n) is 11.4. The van der Waals surface area contributed by atoms with Gasteiger partial charge in [0.15, 0.2) is 0 Å². The third-order valence-electron chi connectivity index (χ3n) is 2.93. The maximum absolute atomic E-state index is 12.1. The Morgan fingerprint density at radius 3 is 2.25 bits per heavy atom. The number of aryl methyl sites for hydroxylation is 2. The van der Waals surface area contributed by atoms with Crippen molar-refractivity contribution in [3.05, 3.63) is 22.8 Å². The predicted octanol–water partition coefficient (Wildman–Crippen LogP) is 2.42. The highest BCUT2D eigenvalue weighted by Gasteiger charge is 2.28. The van der Waals surface area contributed by atoms with Crippen LogP contribution in [-0.2, 0) is 10.0 Å². The summed E-state index contributed by atoms with van der Waals surface area (Å²) in [4.78, 5) is -0.0530. The van der Waals surface area contributed by atoms with Crippen molar-refractivity contribution in [3.63, 3.8) is 0 Å². The Hall–Kier alpha value is -1.28. The van der Waals surface area contributed by atoms with Gasteiger partial charge in [-0.25, -0.2) is 13.1 Å². The molecule has 0 fully saturated rings. The lowest BCUT2D eigenvalue weighted by Crippen LogP contribution is -2.29. The molecular formula is C12H17F3N2O2S. The molecule has 1 aromatic carbocycles. The standard InChI is InChI=1S/C12H17F3N2O2S/c1-7-6-8(2)11(9(3)10(7)16)20(18,19)17-5-4-12(13,14)15/h6,17H,4-5,16H2,1-3H3. The first-order valence-corrected chi connectivity index (χ1v) is 7.36. The lowest BCUT2D eigenvalue weighted by atomic mass is 10.1. The molecule has 0 aliphatic carbocycles. The summed E-state index contributed by atoms with van der Waals surface area (Å²) in [6, 6.07) is 1.60. The van der Waals surface area contributed by atoms with Crippen LogP contribution in [0.2, 0.25) is 0 Å². The van der Waals surface area contributed by atoms with Gasteiger partial charge in [0.2, 0.25) is 10.0 Å². The zero-order valence-corrected chi connectivity index (χ0v) is 12.2. The lowest BCUT2D eigenvalue weighted by molar-refractivity contribution is -0.132. The van der Waals surface area contributed by atoms with E-state index in [2.05, 4.69) is 0 Å². The number of nitrogen functional groups attached to an aromatic ring is 1. The maximum atomic E-state index is 12.1. The Morgan fingerprint density at radius 2 is 1.75 bits per heavy atom. The molecule has 0 saturated heterocycles. The minimum absolute atomic E-state index is 0.0530. The molecule has 0 bridgehead atoms. The summed E-state index contributed by atoms with van der Waals surface area (Å²) in [7, 11) is -4.01. The second-order valence-electron chi connectivity index (χ2n) is 4.64. The predicted molar refractivity (Wildman–Crippen MR) is 70.9 cm³/mol. The fourth-order valence-corrected chi connectivity index (χ4v) is 3.51. The highest BCUT2D eigenvalue weighted by atomic mass is 32.2. The highest BCUT2D eigenvalue weighted by molar-refractivity contribution is 7.89. The van der Waals surface area contributed by atoms with Crippen LogP contribution in [0.1, 0.15) is 23.1 Å². The van der Waals surface area contributed by atoms with Crippen molar-refractivity contribution in [2.75, 3.05) is 12.3 Å². The van der Waals surface area contributed by atoms with Gasteiger partial charge in [-0.3, -0.25) is 0 Å². The number of nitrogens with one attached hydrogen (secondary N) is 1. The number of alkyl halides is 3. The summed E-state index contributed by atoms with van der Waals surface area (Å²) >= 11 is 0. The van der Waals surface area contributed by atoms with Crippen molar-refractivity contribution in [1.29, 1.82) is 0 Å². The van der Waals surface area contributed by atoms with Crippen LogP contribution >= 0.6 is 0 Å². The first-order chi connectivity index (χ1) is 8.96. The fraction of sp³-hybridized carbons (Fsp3) is 0.500. The van der Waals surface area contributed by atoms with Crippen LogP contribution in [-0.4, -0.2) is 21.1 Å². The number of sulfonamides is 1. The summed E-state index contributed by atoms with van der Waals surface area (Å²) in [5.41, 5.74) is 7.63. The average Bonchev–Trinajstić information content (AvgIpc) is 2.23. The van der Waals surface area contributed by atoms with Gasteiger partial charge >= 0.3 is 6.18 Å². The Bertz CT molecular complexity index is 610. The second-order valence-corrected chi connectivity index (χ2v) is 6.34. The molecule has 0 aliphatic rings. The van der Waals surface area contributed by atoms with Crippen LogP contribution in [0.5, 0.6) is 0 Å². The van der Waals surface area contributed by atoms with Crippen LogP contribution in [0.15, 0.2) is 11.0 Å². The molecule has 0 aliphatic heterocycles. The minimum atomic E-state index is -4.40. The molecular weight excluding hydrogens is 293 g/mol. The summed E-state index contributed by atoms with van der Waals surface area (Å²) in [5, 5.41) is 0. The Labute approximate surface area is 116 Å². The number of halogens is 3. The molecule has 0 spiro atoms. The van der Waals surface area contributed by atoms with Gasteiger partial charge in [-0.2, -0.15) is 13.2 Å². The van der Waals surface area contributed by atoms with E-state index in [1.807, 2.05) is 4.72 Å². The van der Waals surface area contributed by atoms with E-state index in [1.165, 1.54) is 6.92 Å². The molecule has 1 rings (SSSR count). The maximum Gasteiger partial charge on any atom is 0.390 e. The van der Waals surface area contributed by atoms with Crippen LogP contribution in [0.25, 0.3) is 0 Å². The molecule has 0 unspecified atom stereocenters. The van der Waals surface area contributed by atoms with Gasteiger partial charge in [-0.15, -0.1) is 0 Å². The van der Waals surface area contributed by atoms with Crippen molar-refractivity contribution in [1.82, 2.24) is 4.72 Å². The van der Waals surface area contributed by atoms with Crippen molar-refractivity contribution in [3.8, 4) is 0 Å². The van der Waals surface area contributed by atoms with Crippen LogP contribution in [0.4, 0.5) is 18.9 Å². The first-order valence-electron chi connectivity index (χ1n) is 5.88. The van der Waals surface area contributed by atoms with Crippen LogP contribution in [0.3, 0.4) is 0 Å². The van der Waals surface area contributed by atoms with Gasteiger partial charge in [-0.1, -0.05) is 6.07 Å². The van der Waals surface area contributed by atoms with E-state index in [1.54, 1.807) is 19.9 Å². The molecule has 1 aromatic rings. The van der Waals surface area contributed by atoms with E-state index in [0.29, 0.717) is 16.8 Å². The van der Waals surface area contributed by atoms with Crippen LogP contribution < -0.4 is 10.5 Å². The number of nitrogens with two attached hydrogens (primary N) is 1. The molecule has 0 atom stereocenters. The van der Waals surface area contributed by atoms with Gasteiger partial charge in [0.25, 0.3) is 0 Å². The van der Waals surface area contributed by atoms with E-state index in [9.17, 15) is 21.6 Å². The normalized spacial score (nSPS) is 12.7. The number of rotatable bonds is 4. The summed E-state index contributed by atoms with van der Waals surface area (Å²) < 4.78 is 62.3. The second kappa shape index (κ2) is 5.61. The summed E-state index contributed by atoms with van der Waals surface area (Å²) in [6.45, 7) is 4.16. The Balaban J connectivity index is 3.08. The first kappa shape index (κ1) is 16.8. The summed E-state index contributed by atoms with van der Waals surface area (Å²) in [6.07, 6.45) is -5.62. The third kappa shape index (κ3) is 3.86. The van der Waals surface area contributed by atoms with E-state index in [-0.39, 0.29) is 4.90 Å². The summed E-state index contributed by atoms with van der Waals surface area (Å²) in [5.74, 6) is 0. The molecule has 114 valence electrons. The van der Waals surface area contributed by atoms with Crippen LogP contribution in [0, 0.1) is 20.8 Å². The smallest absolute Gasteiger partial charge is 0.390 e. The topological polar surface area (TPSA) is 72.2 Å². The molecule has 4 nitrogen and oxygen atoms in total. The van der Waals surface area contributed by atoms with Gasteiger partial charge in [-0.05, 0) is 37.5 Å². The number of benzene rings is 1. The molecule has 0 saturated carbocycles. The van der Waals surface area contributed by atoms with Crippen molar-refractivity contribution in [2.45, 2.75) is 38.3 Å². The third-order valence-corrected chi connectivity index (χ3v) is 4.68. The highest BCUT2D eigenvalue weighted by Crippen LogP contribution is 2.28. The lowest BCUT2D eigenvalue weighted by Gasteiger charge is -2.16. The quantitative estimate of drug-likeness (QED) is 0.839. The molecule has 3 N–H and O–H groups in total. The number of anilines is 1. The molecule has 0 aromatic heterocycles. The SMILES string of the molecule is Cc1cc(C)c(S(=O)(=O)NCCC(F)(F)F)c(C)c1N.